The van der Waals surface area contributed by atoms with E-state index in [0.717, 1.165) is 25.9 Å². The Labute approximate surface area is 263 Å². The number of hydrogen-bond donors (Lipinski definition) is 2. The molecule has 45 heavy (non-hydrogen) atoms. The number of piperidine rings is 1. The van der Waals surface area contributed by atoms with Crippen LogP contribution in [0.25, 0.3) is 16.9 Å². The van der Waals surface area contributed by atoms with Crippen LogP contribution in [0.5, 0.6) is 11.5 Å². The maximum absolute atomic E-state index is 13.9. The third-order valence-corrected chi connectivity index (χ3v) is 8.15. The summed E-state index contributed by atoms with van der Waals surface area (Å²) >= 11 is 0. The van der Waals surface area contributed by atoms with Crippen LogP contribution in [0, 0.1) is 16.7 Å². The lowest BCUT2D eigenvalue weighted by Crippen LogP contribution is -2.46. The Morgan fingerprint density at radius 3 is 2.36 bits per heavy atom. The zero-order chi connectivity index (χ0) is 32.2. The third-order valence-electron chi connectivity index (χ3n) is 8.15. The number of carbonyl (C=O) groups is 1. The number of ether oxygens (including phenoxy) is 1. The van der Waals surface area contributed by atoms with Crippen molar-refractivity contribution in [1.29, 1.82) is 5.26 Å². The van der Waals surface area contributed by atoms with Gasteiger partial charge in [0.15, 0.2) is 11.5 Å². The van der Waals surface area contributed by atoms with Crippen molar-refractivity contribution in [3.05, 3.63) is 83.1 Å². The minimum absolute atomic E-state index is 0.0790. The summed E-state index contributed by atoms with van der Waals surface area (Å²) in [5.74, 6) is 1.06. The second-order valence-corrected chi connectivity index (χ2v) is 12.8. The number of amides is 1. The van der Waals surface area contributed by atoms with Crippen LogP contribution in [-0.2, 0) is 11.3 Å². The molecule has 11 heteroatoms. The minimum atomic E-state index is -0.589. The Morgan fingerprint density at radius 1 is 1.02 bits per heavy atom. The first-order valence-electron chi connectivity index (χ1n) is 15.2. The van der Waals surface area contributed by atoms with Gasteiger partial charge in [0, 0.05) is 24.0 Å². The average molecular weight is 609 g/mol. The Bertz CT molecular complexity index is 1790. The first-order valence-corrected chi connectivity index (χ1v) is 15.2. The molecule has 2 aromatic carbocycles. The molecule has 1 amide bonds. The highest BCUT2D eigenvalue weighted by molar-refractivity contribution is 5.97. The SMILES string of the molecule is CC(C)(CNC(=O)/C(C#N)=C/C(C)(C)N1CCCCC1)Cn1c(=O)n(-c2ccc(Oc3ccccc3)cc2)c2c(N)ncnc21. The topological polar surface area (TPSA) is 144 Å². The fourth-order valence-corrected chi connectivity index (χ4v) is 5.73. The monoisotopic (exact) mass is 608 g/mol. The van der Waals surface area contributed by atoms with Gasteiger partial charge in [-0.05, 0) is 82.3 Å². The minimum Gasteiger partial charge on any atom is -0.457 e. The highest BCUT2D eigenvalue weighted by atomic mass is 16.5. The fourth-order valence-electron chi connectivity index (χ4n) is 5.73. The van der Waals surface area contributed by atoms with E-state index in [0.29, 0.717) is 28.4 Å². The molecule has 0 spiro atoms. The number of rotatable bonds is 10. The van der Waals surface area contributed by atoms with E-state index in [4.69, 9.17) is 10.5 Å². The van der Waals surface area contributed by atoms with Gasteiger partial charge in [-0.3, -0.25) is 18.8 Å². The van der Waals surface area contributed by atoms with Gasteiger partial charge in [-0.2, -0.15) is 5.26 Å². The summed E-state index contributed by atoms with van der Waals surface area (Å²) in [6.07, 6.45) is 6.51. The van der Waals surface area contributed by atoms with Crippen LogP contribution in [0.4, 0.5) is 5.82 Å². The smallest absolute Gasteiger partial charge is 0.335 e. The van der Waals surface area contributed by atoms with Crippen molar-refractivity contribution in [3.8, 4) is 23.3 Å². The van der Waals surface area contributed by atoms with E-state index in [-0.39, 0.29) is 30.2 Å². The van der Waals surface area contributed by atoms with Crippen molar-refractivity contribution < 1.29 is 9.53 Å². The molecule has 0 radical (unpaired) electrons. The Kier molecular flexibility index (Phi) is 9.06. The molecule has 4 aromatic rings. The first kappa shape index (κ1) is 31.5. The molecule has 3 heterocycles. The zero-order valence-corrected chi connectivity index (χ0v) is 26.3. The molecule has 0 unspecified atom stereocenters. The molecule has 1 aliphatic rings. The summed E-state index contributed by atoms with van der Waals surface area (Å²) in [6, 6.07) is 18.6. The van der Waals surface area contributed by atoms with Gasteiger partial charge in [-0.25, -0.2) is 14.8 Å². The quantitative estimate of drug-likeness (QED) is 0.193. The molecule has 0 saturated carbocycles. The van der Waals surface area contributed by atoms with E-state index >= 15 is 0 Å². The van der Waals surface area contributed by atoms with Crippen molar-refractivity contribution >= 4 is 22.9 Å². The predicted octanol–water partition coefficient (Wildman–Crippen LogP) is 4.81. The number of carbonyl (C=O) groups excluding carboxylic acids is 1. The summed E-state index contributed by atoms with van der Waals surface area (Å²) in [5, 5.41) is 12.7. The predicted molar refractivity (Wildman–Crippen MR) is 174 cm³/mol. The van der Waals surface area contributed by atoms with Crippen LogP contribution in [0.3, 0.4) is 0 Å². The standard InChI is InChI=1S/C34H40N8O3/c1-33(2,21-37-31(43)24(20-35)19-34(3,4)40-17-9-6-10-18-40)22-41-30-28(29(36)38-23-39-30)42(32(41)44)25-13-15-27(16-14-25)45-26-11-7-5-8-12-26/h5,7-8,11-16,19,23H,6,9-10,17-18,21-22H2,1-4H3,(H,37,43)(H2,36,38,39)/b24-19+. The number of nitriles is 1. The zero-order valence-electron chi connectivity index (χ0n) is 26.3. The number of benzene rings is 2. The lowest BCUT2D eigenvalue weighted by molar-refractivity contribution is -0.117. The number of likely N-dealkylation sites (tertiary alicyclic amines) is 1. The van der Waals surface area contributed by atoms with E-state index < -0.39 is 16.9 Å². The molecular weight excluding hydrogens is 568 g/mol. The lowest BCUT2D eigenvalue weighted by Gasteiger charge is -2.39. The van der Waals surface area contributed by atoms with Crippen LogP contribution < -0.4 is 21.5 Å². The van der Waals surface area contributed by atoms with Gasteiger partial charge < -0.3 is 15.8 Å². The number of imidazole rings is 1. The number of nitrogens with zero attached hydrogens (tertiary/aromatic N) is 6. The fraction of sp³-hybridized carbons (Fsp3) is 0.382. The maximum atomic E-state index is 13.9. The van der Waals surface area contributed by atoms with Crippen LogP contribution in [-0.4, -0.2) is 55.1 Å². The highest BCUT2D eigenvalue weighted by Crippen LogP contribution is 2.27. The molecule has 3 N–H and O–H groups in total. The number of fused-ring (bicyclic) bond motifs is 1. The normalized spacial score (nSPS) is 14.7. The van der Waals surface area contributed by atoms with Gasteiger partial charge in [-0.15, -0.1) is 0 Å². The van der Waals surface area contributed by atoms with Crippen LogP contribution in [0.1, 0.15) is 47.0 Å². The molecule has 1 fully saturated rings. The lowest BCUT2D eigenvalue weighted by atomic mass is 9.92. The number of hydrogen-bond acceptors (Lipinski definition) is 8. The van der Waals surface area contributed by atoms with E-state index in [2.05, 4.69) is 26.3 Å². The molecule has 2 aromatic heterocycles. The van der Waals surface area contributed by atoms with Crippen molar-refractivity contribution in [1.82, 2.24) is 29.3 Å². The molecule has 0 bridgehead atoms. The Balaban J connectivity index is 1.36. The Hall–Kier alpha value is -4.95. The van der Waals surface area contributed by atoms with Crippen molar-refractivity contribution in [2.24, 2.45) is 5.41 Å². The molecule has 0 aliphatic carbocycles. The molecular formula is C34H40N8O3. The number of aromatic nitrogens is 4. The van der Waals surface area contributed by atoms with Gasteiger partial charge in [0.2, 0.25) is 0 Å². The van der Waals surface area contributed by atoms with Gasteiger partial charge in [0.25, 0.3) is 5.91 Å². The van der Waals surface area contributed by atoms with E-state index in [1.54, 1.807) is 34.9 Å². The van der Waals surface area contributed by atoms with Crippen LogP contribution >= 0.6 is 0 Å². The number of para-hydroxylation sites is 1. The van der Waals surface area contributed by atoms with E-state index in [9.17, 15) is 14.9 Å². The Morgan fingerprint density at radius 2 is 1.69 bits per heavy atom. The van der Waals surface area contributed by atoms with Crippen molar-refractivity contribution in [2.75, 3.05) is 25.4 Å². The highest BCUT2D eigenvalue weighted by Gasteiger charge is 2.29. The number of anilines is 1. The molecule has 5 rings (SSSR count). The van der Waals surface area contributed by atoms with Gasteiger partial charge in [-0.1, -0.05) is 38.5 Å². The average Bonchev–Trinajstić information content (AvgIpc) is 3.31. The second-order valence-electron chi connectivity index (χ2n) is 12.8. The molecule has 1 aliphatic heterocycles. The number of nitrogens with two attached hydrogens (primary N) is 1. The van der Waals surface area contributed by atoms with Gasteiger partial charge in [0.05, 0.1) is 5.69 Å². The number of nitrogen functional groups attached to an aromatic ring is 1. The largest absolute Gasteiger partial charge is 0.457 e. The summed E-state index contributed by atoms with van der Waals surface area (Å²) in [4.78, 5) is 37.9. The molecule has 11 nitrogen and oxygen atoms in total. The van der Waals surface area contributed by atoms with Gasteiger partial charge >= 0.3 is 5.69 Å². The van der Waals surface area contributed by atoms with Crippen molar-refractivity contribution in [3.63, 3.8) is 0 Å². The number of nitrogens with one attached hydrogen (secondary N) is 1. The van der Waals surface area contributed by atoms with E-state index in [1.807, 2.05) is 58.0 Å². The maximum Gasteiger partial charge on any atom is 0.335 e. The first-order chi connectivity index (χ1) is 21.5. The molecule has 1 saturated heterocycles. The second kappa shape index (κ2) is 13.0. The van der Waals surface area contributed by atoms with Crippen LogP contribution in [0.15, 0.2) is 77.4 Å². The summed E-state index contributed by atoms with van der Waals surface area (Å²) in [5.41, 5.74) is 6.38. The summed E-state index contributed by atoms with van der Waals surface area (Å²) in [6.45, 7) is 10.3. The van der Waals surface area contributed by atoms with Crippen LogP contribution in [0.2, 0.25) is 0 Å². The third kappa shape index (κ3) is 7.07. The van der Waals surface area contributed by atoms with Crippen molar-refractivity contribution in [2.45, 2.75) is 59.0 Å². The molecule has 234 valence electrons. The van der Waals surface area contributed by atoms with Gasteiger partial charge in [0.1, 0.15) is 35.0 Å². The van der Waals surface area contributed by atoms with E-state index in [1.165, 1.54) is 17.3 Å². The summed E-state index contributed by atoms with van der Waals surface area (Å²) < 4.78 is 8.95. The molecule has 0 atom stereocenters. The summed E-state index contributed by atoms with van der Waals surface area (Å²) in [7, 11) is 0.